The van der Waals surface area contributed by atoms with Crippen molar-refractivity contribution >= 4 is 17.7 Å². The van der Waals surface area contributed by atoms with E-state index in [1.807, 2.05) is 25.7 Å². The summed E-state index contributed by atoms with van der Waals surface area (Å²) in [4.78, 5) is 28.0. The van der Waals surface area contributed by atoms with Gasteiger partial charge in [-0.15, -0.1) is 0 Å². The van der Waals surface area contributed by atoms with Crippen molar-refractivity contribution < 1.29 is 18.7 Å². The van der Waals surface area contributed by atoms with Crippen LogP contribution in [0.5, 0.6) is 0 Å². The van der Waals surface area contributed by atoms with E-state index in [0.717, 1.165) is 13.0 Å². The molecule has 0 saturated carbocycles. The first-order chi connectivity index (χ1) is 11.7. The number of amides is 2. The smallest absolute Gasteiger partial charge is 0.410 e. The van der Waals surface area contributed by atoms with Crippen molar-refractivity contribution in [1.82, 2.24) is 9.80 Å². The number of halogens is 1. The van der Waals surface area contributed by atoms with Crippen LogP contribution in [0.3, 0.4) is 0 Å². The first-order valence-corrected chi connectivity index (χ1v) is 8.49. The fourth-order valence-electron chi connectivity index (χ4n) is 2.57. The van der Waals surface area contributed by atoms with Crippen LogP contribution in [0.1, 0.15) is 27.2 Å². The molecule has 1 aromatic carbocycles. The maximum absolute atomic E-state index is 12.9. The lowest BCUT2D eigenvalue weighted by Gasteiger charge is -2.26. The third-order valence-electron chi connectivity index (χ3n) is 3.74. The number of ether oxygens (including phenoxy) is 1. The van der Waals surface area contributed by atoms with Gasteiger partial charge in [0.1, 0.15) is 11.4 Å². The predicted octanol–water partition coefficient (Wildman–Crippen LogP) is 2.71. The van der Waals surface area contributed by atoms with Crippen molar-refractivity contribution in [2.75, 3.05) is 38.0 Å². The third-order valence-corrected chi connectivity index (χ3v) is 3.74. The SMILES string of the molecule is CC(C)(C)OC(=O)N1CCCN(CC(=O)Nc2ccc(F)cc2)CC1. The molecule has 2 amide bonds. The normalized spacial score (nSPS) is 16.2. The Bertz CT molecular complexity index is 599. The Labute approximate surface area is 147 Å². The first kappa shape index (κ1) is 19.2. The van der Waals surface area contributed by atoms with Crippen LogP contribution in [0.25, 0.3) is 0 Å². The zero-order valence-corrected chi connectivity index (χ0v) is 15.0. The van der Waals surface area contributed by atoms with Gasteiger partial charge in [0.05, 0.1) is 6.54 Å². The molecule has 1 heterocycles. The summed E-state index contributed by atoms with van der Waals surface area (Å²) in [7, 11) is 0. The molecule has 1 fully saturated rings. The molecular formula is C18H26FN3O3. The molecule has 0 atom stereocenters. The Balaban J connectivity index is 1.81. The minimum Gasteiger partial charge on any atom is -0.444 e. The molecule has 0 spiro atoms. The number of benzene rings is 1. The number of nitrogens with zero attached hydrogens (tertiary/aromatic N) is 2. The highest BCUT2D eigenvalue weighted by atomic mass is 19.1. The summed E-state index contributed by atoms with van der Waals surface area (Å²) in [6.07, 6.45) is 0.466. The zero-order chi connectivity index (χ0) is 18.4. The lowest BCUT2D eigenvalue weighted by atomic mass is 10.2. The van der Waals surface area contributed by atoms with Gasteiger partial charge in [-0.2, -0.15) is 0 Å². The number of nitrogens with one attached hydrogen (secondary N) is 1. The molecule has 0 aromatic heterocycles. The average Bonchev–Trinajstić information content (AvgIpc) is 2.73. The molecule has 1 N–H and O–H groups in total. The van der Waals surface area contributed by atoms with Crippen LogP contribution in [-0.4, -0.2) is 60.1 Å². The summed E-state index contributed by atoms with van der Waals surface area (Å²) in [5.41, 5.74) is 0.0505. The number of anilines is 1. The number of rotatable bonds is 3. The average molecular weight is 351 g/mol. The van der Waals surface area contributed by atoms with Crippen molar-refractivity contribution in [1.29, 1.82) is 0 Å². The monoisotopic (exact) mass is 351 g/mol. The molecule has 6 nitrogen and oxygen atoms in total. The zero-order valence-electron chi connectivity index (χ0n) is 15.0. The second-order valence-electron chi connectivity index (χ2n) is 7.15. The fourth-order valence-corrected chi connectivity index (χ4v) is 2.57. The number of carbonyl (C=O) groups excluding carboxylic acids is 2. The lowest BCUT2D eigenvalue weighted by molar-refractivity contribution is -0.117. The summed E-state index contributed by atoms with van der Waals surface area (Å²) in [6.45, 7) is 8.24. The van der Waals surface area contributed by atoms with Crippen LogP contribution in [-0.2, 0) is 9.53 Å². The fraction of sp³-hybridized carbons (Fsp3) is 0.556. The van der Waals surface area contributed by atoms with E-state index in [-0.39, 0.29) is 24.4 Å². The van der Waals surface area contributed by atoms with Crippen molar-refractivity contribution in [3.8, 4) is 0 Å². The minimum atomic E-state index is -0.516. The van der Waals surface area contributed by atoms with Crippen molar-refractivity contribution in [2.45, 2.75) is 32.8 Å². The van der Waals surface area contributed by atoms with Gasteiger partial charge < -0.3 is 15.0 Å². The Morgan fingerprint density at radius 3 is 2.44 bits per heavy atom. The van der Waals surface area contributed by atoms with Crippen LogP contribution < -0.4 is 5.32 Å². The highest BCUT2D eigenvalue weighted by molar-refractivity contribution is 5.92. The quantitative estimate of drug-likeness (QED) is 0.910. The van der Waals surface area contributed by atoms with Crippen molar-refractivity contribution in [2.24, 2.45) is 0 Å². The van der Waals surface area contributed by atoms with Gasteiger partial charge in [0, 0.05) is 31.9 Å². The molecule has 0 unspecified atom stereocenters. The van der Waals surface area contributed by atoms with Crippen LogP contribution >= 0.6 is 0 Å². The number of hydrogen-bond donors (Lipinski definition) is 1. The molecule has 7 heteroatoms. The largest absolute Gasteiger partial charge is 0.444 e. The second kappa shape index (κ2) is 8.29. The van der Waals surface area contributed by atoms with E-state index in [9.17, 15) is 14.0 Å². The number of hydrogen-bond acceptors (Lipinski definition) is 4. The standard InChI is InChI=1S/C18H26FN3O3/c1-18(2,3)25-17(24)22-10-4-9-21(11-12-22)13-16(23)20-15-7-5-14(19)6-8-15/h5-8H,4,9-13H2,1-3H3,(H,20,23). The lowest BCUT2D eigenvalue weighted by Crippen LogP contribution is -2.40. The molecular weight excluding hydrogens is 325 g/mol. The summed E-state index contributed by atoms with van der Waals surface area (Å²) < 4.78 is 18.3. The van der Waals surface area contributed by atoms with E-state index < -0.39 is 5.60 Å². The van der Waals surface area contributed by atoms with Gasteiger partial charge in [-0.25, -0.2) is 9.18 Å². The molecule has 1 aliphatic heterocycles. The van der Waals surface area contributed by atoms with Crippen LogP contribution in [0, 0.1) is 5.82 Å². The summed E-state index contributed by atoms with van der Waals surface area (Å²) in [6, 6.07) is 5.67. The minimum absolute atomic E-state index is 0.155. The van der Waals surface area contributed by atoms with E-state index >= 15 is 0 Å². The molecule has 1 aromatic rings. The van der Waals surface area contributed by atoms with Gasteiger partial charge in [-0.1, -0.05) is 0 Å². The molecule has 1 saturated heterocycles. The summed E-state index contributed by atoms with van der Waals surface area (Å²) in [5.74, 6) is -0.495. The Hall–Kier alpha value is -2.15. The van der Waals surface area contributed by atoms with Crippen LogP contribution in [0.15, 0.2) is 24.3 Å². The molecule has 2 rings (SSSR count). The van der Waals surface area contributed by atoms with Gasteiger partial charge in [0.25, 0.3) is 0 Å². The van der Waals surface area contributed by atoms with Crippen LogP contribution in [0.2, 0.25) is 0 Å². The van der Waals surface area contributed by atoms with E-state index in [0.29, 0.717) is 25.3 Å². The van der Waals surface area contributed by atoms with Gasteiger partial charge in [0.2, 0.25) is 5.91 Å². The predicted molar refractivity (Wildman–Crippen MR) is 93.9 cm³/mol. The third kappa shape index (κ3) is 6.70. The van der Waals surface area contributed by atoms with Crippen LogP contribution in [0.4, 0.5) is 14.9 Å². The molecule has 0 radical (unpaired) electrons. The van der Waals surface area contributed by atoms with E-state index in [1.54, 1.807) is 4.90 Å². The van der Waals surface area contributed by atoms with Gasteiger partial charge >= 0.3 is 6.09 Å². The van der Waals surface area contributed by atoms with Gasteiger partial charge in [-0.3, -0.25) is 9.69 Å². The van der Waals surface area contributed by atoms with E-state index in [4.69, 9.17) is 4.74 Å². The second-order valence-corrected chi connectivity index (χ2v) is 7.15. The highest BCUT2D eigenvalue weighted by Crippen LogP contribution is 2.12. The Morgan fingerprint density at radius 2 is 1.80 bits per heavy atom. The van der Waals surface area contributed by atoms with E-state index in [2.05, 4.69) is 5.32 Å². The highest BCUT2D eigenvalue weighted by Gasteiger charge is 2.25. The van der Waals surface area contributed by atoms with Crippen molar-refractivity contribution in [3.63, 3.8) is 0 Å². The summed E-state index contributed by atoms with van der Waals surface area (Å²) in [5, 5.41) is 2.75. The first-order valence-electron chi connectivity index (χ1n) is 8.49. The van der Waals surface area contributed by atoms with Crippen molar-refractivity contribution in [3.05, 3.63) is 30.1 Å². The molecule has 0 aliphatic carbocycles. The van der Waals surface area contributed by atoms with E-state index in [1.165, 1.54) is 24.3 Å². The van der Waals surface area contributed by atoms with Gasteiger partial charge in [-0.05, 0) is 51.5 Å². The Kier molecular flexibility index (Phi) is 6.36. The topological polar surface area (TPSA) is 61.9 Å². The molecule has 138 valence electrons. The molecule has 0 bridgehead atoms. The number of carbonyl (C=O) groups is 2. The summed E-state index contributed by atoms with van der Waals surface area (Å²) >= 11 is 0. The molecule has 1 aliphatic rings. The molecule has 25 heavy (non-hydrogen) atoms. The Morgan fingerprint density at radius 1 is 1.12 bits per heavy atom. The maximum atomic E-state index is 12.9. The maximum Gasteiger partial charge on any atom is 0.410 e. The van der Waals surface area contributed by atoms with Gasteiger partial charge in [0.15, 0.2) is 0 Å².